The van der Waals surface area contributed by atoms with Gasteiger partial charge in [-0.1, -0.05) is 5.16 Å². The number of pyridine rings is 2. The van der Waals surface area contributed by atoms with Crippen LogP contribution < -0.4 is 4.74 Å². The zero-order valence-electron chi connectivity index (χ0n) is 11.0. The summed E-state index contributed by atoms with van der Waals surface area (Å²) in [6.07, 6.45) is 3.11. The fourth-order valence-corrected chi connectivity index (χ4v) is 1.71. The average molecular weight is 279 g/mol. The van der Waals surface area contributed by atoms with Crippen molar-refractivity contribution in [2.24, 2.45) is 0 Å². The number of rotatable bonds is 3. The van der Waals surface area contributed by atoms with E-state index in [4.69, 9.17) is 14.5 Å². The van der Waals surface area contributed by atoms with Crippen LogP contribution in [-0.4, -0.2) is 27.2 Å². The number of nitriles is 1. The Hall–Kier alpha value is -3.27. The fourth-order valence-electron chi connectivity index (χ4n) is 1.71. The van der Waals surface area contributed by atoms with Gasteiger partial charge in [-0.2, -0.15) is 10.2 Å². The van der Waals surface area contributed by atoms with Crippen LogP contribution in [0.4, 0.5) is 0 Å². The van der Waals surface area contributed by atoms with Crippen LogP contribution in [0.25, 0.3) is 23.1 Å². The monoisotopic (exact) mass is 279 g/mol. The zero-order chi connectivity index (χ0) is 14.7. The van der Waals surface area contributed by atoms with Gasteiger partial charge in [0.15, 0.2) is 0 Å². The molecule has 0 fully saturated rings. The molecule has 3 aromatic rings. The molecule has 0 saturated carbocycles. The third-order valence-electron chi connectivity index (χ3n) is 2.73. The van der Waals surface area contributed by atoms with E-state index in [-0.39, 0.29) is 5.89 Å². The Labute approximate surface area is 119 Å². The number of methoxy groups -OCH3 is 1. The maximum Gasteiger partial charge on any atom is 0.276 e. The van der Waals surface area contributed by atoms with Crippen LogP contribution in [-0.2, 0) is 0 Å². The highest BCUT2D eigenvalue weighted by Crippen LogP contribution is 2.22. The van der Waals surface area contributed by atoms with Crippen LogP contribution >= 0.6 is 0 Å². The molecule has 7 heteroatoms. The number of nitrogens with zero attached hydrogens (tertiary/aromatic N) is 5. The number of aromatic nitrogens is 4. The van der Waals surface area contributed by atoms with Gasteiger partial charge in [-0.05, 0) is 18.2 Å². The molecule has 3 aromatic heterocycles. The first-order valence-electron chi connectivity index (χ1n) is 6.01. The topological polar surface area (TPSA) is 97.7 Å². The summed E-state index contributed by atoms with van der Waals surface area (Å²) in [7, 11) is 1.57. The highest BCUT2D eigenvalue weighted by molar-refractivity contribution is 5.56. The standard InChI is InChI=1S/C14H9N5O2/c1-20-10-3-5-16-11(7-10)13-18-14(21-19-13)12-6-9(8-15)2-4-17-12/h2-7H,1H3. The molecular formula is C14H9N5O2. The summed E-state index contributed by atoms with van der Waals surface area (Å²) >= 11 is 0. The Morgan fingerprint density at radius 2 is 1.95 bits per heavy atom. The molecule has 0 bridgehead atoms. The molecule has 0 aliphatic rings. The average Bonchev–Trinajstić information content (AvgIpc) is 3.05. The van der Waals surface area contributed by atoms with Gasteiger partial charge in [-0.25, -0.2) is 0 Å². The second-order valence-corrected chi connectivity index (χ2v) is 4.05. The van der Waals surface area contributed by atoms with E-state index in [1.54, 1.807) is 37.6 Å². The Morgan fingerprint density at radius 1 is 1.14 bits per heavy atom. The third-order valence-corrected chi connectivity index (χ3v) is 2.73. The first-order valence-corrected chi connectivity index (χ1v) is 6.01. The lowest BCUT2D eigenvalue weighted by Crippen LogP contribution is -1.89. The maximum absolute atomic E-state index is 8.88. The SMILES string of the molecule is COc1ccnc(-c2noc(-c3cc(C#N)ccn3)n2)c1. The minimum atomic E-state index is 0.228. The molecular weight excluding hydrogens is 270 g/mol. The van der Waals surface area contributed by atoms with Crippen molar-refractivity contribution in [1.29, 1.82) is 5.26 Å². The first kappa shape index (κ1) is 12.7. The predicted octanol–water partition coefficient (Wildman–Crippen LogP) is 2.07. The third kappa shape index (κ3) is 2.55. The minimum Gasteiger partial charge on any atom is -0.497 e. The highest BCUT2D eigenvalue weighted by atomic mass is 16.5. The summed E-state index contributed by atoms with van der Waals surface area (Å²) in [5.41, 5.74) is 1.44. The minimum absolute atomic E-state index is 0.228. The van der Waals surface area contributed by atoms with Gasteiger partial charge in [0.1, 0.15) is 17.1 Å². The Balaban J connectivity index is 1.97. The molecule has 0 spiro atoms. The van der Waals surface area contributed by atoms with Gasteiger partial charge in [0.05, 0.1) is 18.7 Å². The van der Waals surface area contributed by atoms with Crippen LogP contribution in [0.5, 0.6) is 5.75 Å². The fraction of sp³-hybridized carbons (Fsp3) is 0.0714. The molecule has 0 aliphatic carbocycles. The van der Waals surface area contributed by atoms with Crippen molar-refractivity contribution < 1.29 is 9.26 Å². The molecule has 0 unspecified atom stereocenters. The molecule has 0 saturated heterocycles. The highest BCUT2D eigenvalue weighted by Gasteiger charge is 2.13. The Kier molecular flexibility index (Phi) is 3.27. The van der Waals surface area contributed by atoms with Crippen LogP contribution in [0.3, 0.4) is 0 Å². The van der Waals surface area contributed by atoms with Crippen LogP contribution in [0.1, 0.15) is 5.56 Å². The summed E-state index contributed by atoms with van der Waals surface area (Å²) in [5.74, 6) is 1.20. The summed E-state index contributed by atoms with van der Waals surface area (Å²) < 4.78 is 10.3. The summed E-state index contributed by atoms with van der Waals surface area (Å²) in [4.78, 5) is 12.5. The Bertz CT molecular complexity index is 822. The smallest absolute Gasteiger partial charge is 0.276 e. The van der Waals surface area contributed by atoms with Gasteiger partial charge < -0.3 is 9.26 Å². The quantitative estimate of drug-likeness (QED) is 0.723. The molecule has 3 rings (SSSR count). The van der Waals surface area contributed by atoms with Crippen molar-refractivity contribution >= 4 is 0 Å². The zero-order valence-corrected chi connectivity index (χ0v) is 11.0. The van der Waals surface area contributed by atoms with Gasteiger partial charge in [0.25, 0.3) is 5.89 Å². The lowest BCUT2D eigenvalue weighted by molar-refractivity contribution is 0.414. The van der Waals surface area contributed by atoms with E-state index in [1.165, 1.54) is 6.20 Å². The number of hydrogen-bond acceptors (Lipinski definition) is 7. The van der Waals surface area contributed by atoms with Gasteiger partial charge in [0, 0.05) is 18.5 Å². The van der Waals surface area contributed by atoms with E-state index in [0.29, 0.717) is 28.5 Å². The molecule has 7 nitrogen and oxygen atoms in total. The molecule has 0 radical (unpaired) electrons. The molecule has 0 amide bonds. The van der Waals surface area contributed by atoms with Crippen LogP contribution in [0.2, 0.25) is 0 Å². The lowest BCUT2D eigenvalue weighted by atomic mass is 10.2. The molecule has 0 atom stereocenters. The molecule has 21 heavy (non-hydrogen) atoms. The number of hydrogen-bond donors (Lipinski definition) is 0. The molecule has 0 aromatic carbocycles. The van der Waals surface area contributed by atoms with Crippen LogP contribution in [0.15, 0.2) is 41.2 Å². The molecule has 102 valence electrons. The largest absolute Gasteiger partial charge is 0.497 e. The van der Waals surface area contributed by atoms with Crippen molar-refractivity contribution in [3.63, 3.8) is 0 Å². The second kappa shape index (κ2) is 5.38. The van der Waals surface area contributed by atoms with E-state index < -0.39 is 0 Å². The summed E-state index contributed by atoms with van der Waals surface area (Å²) in [6.45, 7) is 0. The van der Waals surface area contributed by atoms with Gasteiger partial charge in [-0.15, -0.1) is 0 Å². The summed E-state index contributed by atoms with van der Waals surface area (Å²) in [6, 6.07) is 8.64. The maximum atomic E-state index is 8.88. The van der Waals surface area contributed by atoms with E-state index in [0.717, 1.165) is 0 Å². The molecule has 0 aliphatic heterocycles. The van der Waals surface area contributed by atoms with Gasteiger partial charge >= 0.3 is 0 Å². The van der Waals surface area contributed by atoms with E-state index in [1.807, 2.05) is 6.07 Å². The van der Waals surface area contributed by atoms with Gasteiger partial charge in [0.2, 0.25) is 5.82 Å². The van der Waals surface area contributed by atoms with E-state index in [2.05, 4.69) is 20.1 Å². The second-order valence-electron chi connectivity index (χ2n) is 4.05. The van der Waals surface area contributed by atoms with Crippen LogP contribution in [0, 0.1) is 11.3 Å². The predicted molar refractivity (Wildman–Crippen MR) is 72.0 cm³/mol. The first-order chi connectivity index (χ1) is 10.3. The molecule has 3 heterocycles. The van der Waals surface area contributed by atoms with Crippen molar-refractivity contribution in [1.82, 2.24) is 20.1 Å². The number of ether oxygens (including phenoxy) is 1. The van der Waals surface area contributed by atoms with Crippen molar-refractivity contribution in [2.45, 2.75) is 0 Å². The lowest BCUT2D eigenvalue weighted by Gasteiger charge is -1.99. The molecule has 0 N–H and O–H groups in total. The van der Waals surface area contributed by atoms with Crippen molar-refractivity contribution in [2.75, 3.05) is 7.11 Å². The van der Waals surface area contributed by atoms with E-state index >= 15 is 0 Å². The summed E-state index contributed by atoms with van der Waals surface area (Å²) in [5, 5.41) is 12.7. The van der Waals surface area contributed by atoms with Crippen molar-refractivity contribution in [3.8, 4) is 34.9 Å². The Morgan fingerprint density at radius 3 is 2.76 bits per heavy atom. The van der Waals surface area contributed by atoms with Gasteiger partial charge in [-0.3, -0.25) is 9.97 Å². The van der Waals surface area contributed by atoms with Crippen molar-refractivity contribution in [3.05, 3.63) is 42.2 Å². The normalized spacial score (nSPS) is 10.1. The van der Waals surface area contributed by atoms with E-state index in [9.17, 15) is 0 Å².